The van der Waals surface area contributed by atoms with E-state index < -0.39 is 0 Å². The smallest absolute Gasteiger partial charge is 0.0320 e. The molecule has 0 spiro atoms. The summed E-state index contributed by atoms with van der Waals surface area (Å²) in [7, 11) is 0. The van der Waals surface area contributed by atoms with E-state index in [1.54, 1.807) is 25.7 Å². The molecular formula is C25H46. The zero-order chi connectivity index (χ0) is 17.7. The summed E-state index contributed by atoms with van der Waals surface area (Å²) in [5, 5.41) is 0. The third-order valence-corrected chi connectivity index (χ3v) is 7.36. The predicted octanol–water partition coefficient (Wildman–Crippen LogP) is 8.71. The van der Waals surface area contributed by atoms with Gasteiger partial charge in [-0.25, -0.2) is 0 Å². The molecule has 0 aromatic rings. The van der Waals surface area contributed by atoms with E-state index in [0.717, 1.165) is 23.7 Å². The molecule has 0 heterocycles. The van der Waals surface area contributed by atoms with Crippen molar-refractivity contribution in [2.75, 3.05) is 0 Å². The van der Waals surface area contributed by atoms with Crippen LogP contribution in [-0.2, 0) is 0 Å². The summed E-state index contributed by atoms with van der Waals surface area (Å²) >= 11 is 0. The van der Waals surface area contributed by atoms with Crippen molar-refractivity contribution in [2.45, 2.75) is 123 Å². The van der Waals surface area contributed by atoms with E-state index in [4.69, 9.17) is 0 Å². The van der Waals surface area contributed by atoms with Gasteiger partial charge >= 0.3 is 0 Å². The fourth-order valence-electron chi connectivity index (χ4n) is 5.62. The fraction of sp³-hybridized carbons (Fsp3) is 0.920. The van der Waals surface area contributed by atoms with Gasteiger partial charge in [0, 0.05) is 0 Å². The average molecular weight is 347 g/mol. The first kappa shape index (κ1) is 21.0. The molecule has 146 valence electrons. The van der Waals surface area contributed by atoms with Crippen LogP contribution in [0.25, 0.3) is 0 Å². The highest BCUT2D eigenvalue weighted by Gasteiger charge is 2.24. The van der Waals surface area contributed by atoms with Gasteiger partial charge in [0.25, 0.3) is 0 Å². The molecule has 0 N–H and O–H groups in total. The van der Waals surface area contributed by atoms with Crippen molar-refractivity contribution in [3.8, 4) is 0 Å². The van der Waals surface area contributed by atoms with Gasteiger partial charge < -0.3 is 0 Å². The number of hydrogen-bond donors (Lipinski definition) is 0. The summed E-state index contributed by atoms with van der Waals surface area (Å²) in [6, 6.07) is 0. The van der Waals surface area contributed by atoms with Gasteiger partial charge in [0.1, 0.15) is 0 Å². The molecule has 2 aliphatic rings. The van der Waals surface area contributed by atoms with E-state index in [-0.39, 0.29) is 0 Å². The minimum Gasteiger partial charge on any atom is -0.0917 e. The van der Waals surface area contributed by atoms with E-state index >= 15 is 0 Å². The molecule has 0 bridgehead atoms. The number of hydrogen-bond acceptors (Lipinski definition) is 0. The first-order valence-corrected chi connectivity index (χ1v) is 11.9. The van der Waals surface area contributed by atoms with Crippen molar-refractivity contribution >= 4 is 0 Å². The van der Waals surface area contributed by atoms with Crippen molar-refractivity contribution in [1.82, 2.24) is 0 Å². The Hall–Kier alpha value is -0.260. The van der Waals surface area contributed by atoms with Crippen LogP contribution in [0.15, 0.2) is 12.2 Å². The normalized spacial score (nSPS) is 30.8. The molecule has 2 fully saturated rings. The Morgan fingerprint density at radius 1 is 0.680 bits per heavy atom. The van der Waals surface area contributed by atoms with Crippen LogP contribution in [-0.4, -0.2) is 0 Å². The van der Waals surface area contributed by atoms with Gasteiger partial charge in [0.2, 0.25) is 0 Å². The Kier molecular flexibility index (Phi) is 10.9. The topological polar surface area (TPSA) is 0 Å². The van der Waals surface area contributed by atoms with Gasteiger partial charge in [0.15, 0.2) is 0 Å². The minimum absolute atomic E-state index is 1.00. The number of unbranched alkanes of at least 4 members (excludes halogenated alkanes) is 3. The maximum absolute atomic E-state index is 2.42. The Morgan fingerprint density at radius 3 is 1.84 bits per heavy atom. The highest BCUT2D eigenvalue weighted by molar-refractivity contribution is 4.85. The summed E-state index contributed by atoms with van der Waals surface area (Å²) < 4.78 is 0. The van der Waals surface area contributed by atoms with E-state index in [0.29, 0.717) is 0 Å². The van der Waals surface area contributed by atoms with Gasteiger partial charge in [-0.05, 0) is 43.4 Å². The molecule has 0 aliphatic heterocycles. The van der Waals surface area contributed by atoms with Gasteiger partial charge in [-0.1, -0.05) is 115 Å². The van der Waals surface area contributed by atoms with E-state index in [9.17, 15) is 0 Å². The maximum atomic E-state index is 2.42. The van der Waals surface area contributed by atoms with Crippen LogP contribution in [0.5, 0.6) is 0 Å². The highest BCUT2D eigenvalue weighted by atomic mass is 14.3. The lowest BCUT2D eigenvalue weighted by molar-refractivity contribution is 0.212. The van der Waals surface area contributed by atoms with Crippen molar-refractivity contribution in [3.05, 3.63) is 12.2 Å². The van der Waals surface area contributed by atoms with Gasteiger partial charge in [0.05, 0.1) is 0 Å². The monoisotopic (exact) mass is 346 g/mol. The molecule has 0 radical (unpaired) electrons. The minimum atomic E-state index is 1.00. The zero-order valence-electron chi connectivity index (χ0n) is 17.5. The lowest BCUT2D eigenvalue weighted by atomic mass is 9.74. The molecule has 2 aliphatic carbocycles. The second kappa shape index (κ2) is 13.0. The Bertz CT molecular complexity index is 334. The van der Waals surface area contributed by atoms with Crippen LogP contribution < -0.4 is 0 Å². The lowest BCUT2D eigenvalue weighted by Gasteiger charge is -2.31. The molecule has 0 amide bonds. The van der Waals surface area contributed by atoms with Crippen molar-refractivity contribution in [2.24, 2.45) is 23.7 Å². The molecule has 2 rings (SSSR count). The quantitative estimate of drug-likeness (QED) is 0.259. The summed E-state index contributed by atoms with van der Waals surface area (Å²) in [4.78, 5) is 0. The standard InChI is InChI=1S/C25H46/c1-3-5-7-12-22-18-20-23(21-19-22)13-8-9-15-25-17-11-10-16-24(25)14-6-4-2/h4,6,22-25H,3,5,7-21H2,1-2H3. The summed E-state index contributed by atoms with van der Waals surface area (Å²) in [5.74, 6) is 4.20. The predicted molar refractivity (Wildman–Crippen MR) is 113 cm³/mol. The molecule has 0 saturated heterocycles. The SMILES string of the molecule is CC=CCC1CCCCC1CCCCC1CCC(CCCCC)CC1. The van der Waals surface area contributed by atoms with E-state index in [2.05, 4.69) is 26.0 Å². The molecule has 0 nitrogen and oxygen atoms in total. The second-order valence-electron chi connectivity index (χ2n) is 9.28. The van der Waals surface area contributed by atoms with Crippen LogP contribution >= 0.6 is 0 Å². The summed E-state index contributed by atoms with van der Waals surface area (Å²) in [6.45, 7) is 4.50. The van der Waals surface area contributed by atoms with Crippen LogP contribution in [0.3, 0.4) is 0 Å². The molecule has 2 unspecified atom stereocenters. The Labute approximate surface area is 159 Å². The first-order chi connectivity index (χ1) is 12.3. The molecule has 0 aromatic heterocycles. The largest absolute Gasteiger partial charge is 0.0917 e. The molecule has 2 saturated carbocycles. The van der Waals surface area contributed by atoms with Crippen LogP contribution in [0, 0.1) is 23.7 Å². The van der Waals surface area contributed by atoms with Crippen molar-refractivity contribution < 1.29 is 0 Å². The number of allylic oxidation sites excluding steroid dienone is 2. The molecule has 2 atom stereocenters. The third-order valence-electron chi connectivity index (χ3n) is 7.36. The maximum Gasteiger partial charge on any atom is -0.0320 e. The van der Waals surface area contributed by atoms with Crippen molar-refractivity contribution in [3.63, 3.8) is 0 Å². The zero-order valence-corrected chi connectivity index (χ0v) is 17.5. The van der Waals surface area contributed by atoms with Gasteiger partial charge in [-0.3, -0.25) is 0 Å². The van der Waals surface area contributed by atoms with E-state index in [1.165, 1.54) is 83.5 Å². The van der Waals surface area contributed by atoms with E-state index in [1.807, 2.05) is 0 Å². The lowest BCUT2D eigenvalue weighted by Crippen LogP contribution is -2.19. The van der Waals surface area contributed by atoms with Crippen LogP contribution in [0.2, 0.25) is 0 Å². The Morgan fingerprint density at radius 2 is 1.24 bits per heavy atom. The van der Waals surface area contributed by atoms with Gasteiger partial charge in [-0.2, -0.15) is 0 Å². The molecule has 0 heteroatoms. The molecular weight excluding hydrogens is 300 g/mol. The first-order valence-electron chi connectivity index (χ1n) is 11.9. The van der Waals surface area contributed by atoms with Crippen molar-refractivity contribution in [1.29, 1.82) is 0 Å². The average Bonchev–Trinajstić information content (AvgIpc) is 2.65. The third kappa shape index (κ3) is 8.31. The van der Waals surface area contributed by atoms with Gasteiger partial charge in [-0.15, -0.1) is 0 Å². The molecule has 25 heavy (non-hydrogen) atoms. The second-order valence-corrected chi connectivity index (χ2v) is 9.28. The fourth-order valence-corrected chi connectivity index (χ4v) is 5.62. The Balaban J connectivity index is 1.54. The van der Waals surface area contributed by atoms with Crippen LogP contribution in [0.4, 0.5) is 0 Å². The highest BCUT2D eigenvalue weighted by Crippen LogP contribution is 2.37. The molecule has 0 aromatic carbocycles. The van der Waals surface area contributed by atoms with Crippen LogP contribution in [0.1, 0.15) is 123 Å². The number of rotatable bonds is 11. The summed E-state index contributed by atoms with van der Waals surface area (Å²) in [6.07, 6.45) is 30.1. The summed E-state index contributed by atoms with van der Waals surface area (Å²) in [5.41, 5.74) is 0.